The highest BCUT2D eigenvalue weighted by atomic mass is 16.2. The summed E-state index contributed by atoms with van der Waals surface area (Å²) in [6.07, 6.45) is 1.60. The normalized spacial score (nSPS) is 17.4. The Bertz CT molecular complexity index is 143. The Hall–Kier alpha value is -0.900. The molecule has 0 aromatic carbocycles. The molecule has 0 unspecified atom stereocenters. The minimum Gasteiger partial charge on any atom is -0.329 e. The summed E-state index contributed by atoms with van der Waals surface area (Å²) in [5.74, 6) is 0. The molecule has 0 aliphatic carbocycles. The minimum atomic E-state index is -0.166. The number of nitrogens with zero attached hydrogens (tertiary/aromatic N) is 2. The number of urea groups is 1. The lowest BCUT2D eigenvalue weighted by Gasteiger charge is -2.10. The van der Waals surface area contributed by atoms with Crippen LogP contribution in [0.4, 0.5) is 4.79 Å². The van der Waals surface area contributed by atoms with Crippen molar-refractivity contribution in [3.8, 4) is 0 Å². The van der Waals surface area contributed by atoms with Crippen molar-refractivity contribution >= 4 is 12.2 Å². The highest BCUT2D eigenvalue weighted by molar-refractivity contribution is 5.90. The maximum absolute atomic E-state index is 10.6. The number of aliphatic imine (C=N–C) groups is 1. The van der Waals surface area contributed by atoms with Crippen molar-refractivity contribution in [1.82, 2.24) is 4.90 Å². The van der Waals surface area contributed by atoms with Gasteiger partial charge in [0.15, 0.2) is 0 Å². The molecule has 0 aromatic rings. The number of rotatable bonds is 2. The summed E-state index contributed by atoms with van der Waals surface area (Å²) >= 11 is 0. The summed E-state index contributed by atoms with van der Waals surface area (Å²) in [5.41, 5.74) is 5.22. The second-order valence-corrected chi connectivity index (χ2v) is 1.83. The number of carbonyl (C=O) groups excluding carboxylic acids is 1. The van der Waals surface area contributed by atoms with Crippen LogP contribution in [0.2, 0.25) is 0 Å². The van der Waals surface area contributed by atoms with Gasteiger partial charge < -0.3 is 10.6 Å². The fourth-order valence-corrected chi connectivity index (χ4v) is 0.720. The van der Waals surface area contributed by atoms with E-state index in [-0.39, 0.29) is 6.03 Å². The lowest BCUT2D eigenvalue weighted by molar-refractivity contribution is 0.221. The van der Waals surface area contributed by atoms with Crippen molar-refractivity contribution in [1.29, 1.82) is 0 Å². The van der Waals surface area contributed by atoms with Crippen molar-refractivity contribution in [3.63, 3.8) is 0 Å². The van der Waals surface area contributed by atoms with Crippen LogP contribution in [-0.4, -0.2) is 36.8 Å². The zero-order chi connectivity index (χ0) is 6.69. The Kier molecular flexibility index (Phi) is 1.79. The molecule has 1 heterocycles. The van der Waals surface area contributed by atoms with E-state index < -0.39 is 0 Å². The van der Waals surface area contributed by atoms with Gasteiger partial charge in [-0.25, -0.2) is 9.79 Å². The topological polar surface area (TPSA) is 58.7 Å². The van der Waals surface area contributed by atoms with Crippen LogP contribution in [0.3, 0.4) is 0 Å². The molecule has 50 valence electrons. The van der Waals surface area contributed by atoms with E-state index in [0.29, 0.717) is 19.6 Å². The molecule has 2 N–H and O–H groups in total. The van der Waals surface area contributed by atoms with E-state index in [1.165, 1.54) is 0 Å². The fraction of sp³-hybridized carbons (Fsp3) is 0.600. The third kappa shape index (κ3) is 1.26. The number of carbonyl (C=O) groups is 1. The second kappa shape index (κ2) is 2.59. The molecule has 2 amide bonds. The summed E-state index contributed by atoms with van der Waals surface area (Å²) in [7, 11) is 0. The molecule has 0 fully saturated rings. The molecule has 4 heteroatoms. The molecular weight excluding hydrogens is 118 g/mol. The van der Waals surface area contributed by atoms with Crippen molar-refractivity contribution < 1.29 is 4.79 Å². The van der Waals surface area contributed by atoms with Crippen LogP contribution in [0.1, 0.15) is 0 Å². The summed E-state index contributed by atoms with van der Waals surface area (Å²) in [6, 6.07) is -0.166. The SMILES string of the molecule is NCCN1CC=NC1=O. The quantitative estimate of drug-likeness (QED) is 0.541. The zero-order valence-electron chi connectivity index (χ0n) is 5.08. The monoisotopic (exact) mass is 127 g/mol. The molecule has 4 nitrogen and oxygen atoms in total. The van der Waals surface area contributed by atoms with Gasteiger partial charge in [-0.05, 0) is 0 Å². The van der Waals surface area contributed by atoms with Gasteiger partial charge in [-0.1, -0.05) is 0 Å². The molecule has 0 spiro atoms. The van der Waals surface area contributed by atoms with Crippen LogP contribution >= 0.6 is 0 Å². The van der Waals surface area contributed by atoms with E-state index in [9.17, 15) is 4.79 Å². The summed E-state index contributed by atoms with van der Waals surface area (Å²) in [4.78, 5) is 15.8. The Morgan fingerprint density at radius 2 is 2.67 bits per heavy atom. The van der Waals surface area contributed by atoms with Crippen LogP contribution in [0.5, 0.6) is 0 Å². The van der Waals surface area contributed by atoms with E-state index in [1.54, 1.807) is 11.1 Å². The van der Waals surface area contributed by atoms with Crippen LogP contribution in [0.25, 0.3) is 0 Å². The molecule has 0 aromatic heterocycles. The average Bonchev–Trinajstić information content (AvgIpc) is 2.18. The first kappa shape index (κ1) is 6.22. The predicted octanol–water partition coefficient (Wildman–Crippen LogP) is -0.548. The Balaban J connectivity index is 2.37. The van der Waals surface area contributed by atoms with Gasteiger partial charge in [0.05, 0.1) is 6.54 Å². The van der Waals surface area contributed by atoms with E-state index in [4.69, 9.17) is 5.73 Å². The van der Waals surface area contributed by atoms with E-state index in [2.05, 4.69) is 4.99 Å². The third-order valence-corrected chi connectivity index (χ3v) is 1.17. The first-order valence-electron chi connectivity index (χ1n) is 2.86. The Morgan fingerprint density at radius 1 is 1.89 bits per heavy atom. The molecule has 1 aliphatic heterocycles. The minimum absolute atomic E-state index is 0.166. The standard InChI is InChI=1S/C5H9N3O/c6-1-3-8-4-2-7-5(8)9/h2H,1,3-4,6H2. The number of amides is 2. The Morgan fingerprint density at radius 3 is 3.11 bits per heavy atom. The van der Waals surface area contributed by atoms with Gasteiger partial charge in [-0.3, -0.25) is 0 Å². The van der Waals surface area contributed by atoms with Gasteiger partial charge in [0.2, 0.25) is 0 Å². The van der Waals surface area contributed by atoms with Crippen molar-refractivity contribution in [2.75, 3.05) is 19.6 Å². The van der Waals surface area contributed by atoms with Gasteiger partial charge in [-0.2, -0.15) is 0 Å². The highest BCUT2D eigenvalue weighted by Crippen LogP contribution is 1.96. The first-order chi connectivity index (χ1) is 4.34. The molecule has 0 saturated carbocycles. The molecule has 1 aliphatic rings. The molecule has 9 heavy (non-hydrogen) atoms. The maximum atomic E-state index is 10.6. The van der Waals surface area contributed by atoms with Crippen LogP contribution in [-0.2, 0) is 0 Å². The van der Waals surface area contributed by atoms with E-state index in [0.717, 1.165) is 0 Å². The van der Waals surface area contributed by atoms with E-state index in [1.807, 2.05) is 0 Å². The number of hydrogen-bond acceptors (Lipinski definition) is 2. The maximum Gasteiger partial charge on any atom is 0.343 e. The number of nitrogens with two attached hydrogens (primary N) is 1. The molecule has 1 rings (SSSR count). The molecule has 0 saturated heterocycles. The zero-order valence-corrected chi connectivity index (χ0v) is 5.08. The van der Waals surface area contributed by atoms with Crippen LogP contribution in [0.15, 0.2) is 4.99 Å². The van der Waals surface area contributed by atoms with E-state index >= 15 is 0 Å². The molecule has 0 bridgehead atoms. The largest absolute Gasteiger partial charge is 0.343 e. The number of hydrogen-bond donors (Lipinski definition) is 1. The predicted molar refractivity (Wildman–Crippen MR) is 34.5 cm³/mol. The second-order valence-electron chi connectivity index (χ2n) is 1.83. The summed E-state index contributed by atoms with van der Waals surface area (Å²) < 4.78 is 0. The van der Waals surface area contributed by atoms with Gasteiger partial charge in [-0.15, -0.1) is 0 Å². The van der Waals surface area contributed by atoms with Crippen molar-refractivity contribution in [3.05, 3.63) is 0 Å². The molecule has 0 atom stereocenters. The highest BCUT2D eigenvalue weighted by Gasteiger charge is 2.13. The van der Waals surface area contributed by atoms with Crippen LogP contribution < -0.4 is 5.73 Å². The van der Waals surface area contributed by atoms with Gasteiger partial charge in [0.25, 0.3) is 0 Å². The summed E-state index contributed by atoms with van der Waals surface area (Å²) in [6.45, 7) is 1.74. The lowest BCUT2D eigenvalue weighted by atomic mass is 10.5. The summed E-state index contributed by atoms with van der Waals surface area (Å²) in [5, 5.41) is 0. The smallest absolute Gasteiger partial charge is 0.329 e. The average molecular weight is 127 g/mol. The van der Waals surface area contributed by atoms with Crippen LogP contribution in [0, 0.1) is 0 Å². The van der Waals surface area contributed by atoms with Crippen molar-refractivity contribution in [2.45, 2.75) is 0 Å². The lowest BCUT2D eigenvalue weighted by Crippen LogP contribution is -2.30. The fourth-order valence-electron chi connectivity index (χ4n) is 0.720. The molecular formula is C5H9N3O. The van der Waals surface area contributed by atoms with Gasteiger partial charge in [0, 0.05) is 19.3 Å². The Labute approximate surface area is 53.3 Å². The molecule has 0 radical (unpaired) electrons. The first-order valence-corrected chi connectivity index (χ1v) is 2.86. The van der Waals surface area contributed by atoms with Crippen molar-refractivity contribution in [2.24, 2.45) is 10.7 Å². The van der Waals surface area contributed by atoms with Gasteiger partial charge in [0.1, 0.15) is 0 Å². The van der Waals surface area contributed by atoms with Gasteiger partial charge >= 0.3 is 6.03 Å². The third-order valence-electron chi connectivity index (χ3n) is 1.17.